The molecular weight excluding hydrogens is 1660 g/mol. The van der Waals surface area contributed by atoms with Crippen LogP contribution in [0.2, 0.25) is 0 Å². The van der Waals surface area contributed by atoms with Crippen molar-refractivity contribution < 1.29 is 57.3 Å². The van der Waals surface area contributed by atoms with Gasteiger partial charge in [-0.1, -0.05) is 119 Å². The summed E-state index contributed by atoms with van der Waals surface area (Å²) in [5.41, 5.74) is 19.1. The van der Waals surface area contributed by atoms with Crippen LogP contribution in [0.15, 0.2) is 243 Å². The molecule has 24 nitrogen and oxygen atoms in total. The van der Waals surface area contributed by atoms with E-state index in [2.05, 4.69) is 42.5 Å². The standard InChI is InChI=1S/C108H116N12O12/c1-13-117(14-2)97(121)65-129-101-81-53-77(73-29-45-93(46-30-73)113-105(125)109-89-37-21-69(9)22-38-89)54-82(101)62-84-56-79(75-33-49-95(50-34-75)115-107(127)111-91-41-25-71(11)26-42-91)58-86(103(84)131-67-99(123)119(17-5)18-6)64-88-60-80(76-35-51-96(52-36-76)116-108(128)112-92-43-27-72(12)28-44-92)59-87(104(88)132-68-100(124)120(19-7)20-8)63-85-57-78(55-83(61-81)102(85)130-66-98(122)118(15-3)16-4)74-31-47-94(48-32-74)114-106(126)110-90-39-23-70(10)24-40-90/h21-60H,13-20,61-68H2,1-12H3,(H2,109,113,125)(H2,110,114,126)(H2,111,115,127)(H2,112,116,128). The molecule has 1 aliphatic carbocycles. The van der Waals surface area contributed by atoms with Gasteiger partial charge < -0.3 is 81.1 Å². The Morgan fingerprint density at radius 2 is 0.348 bits per heavy atom. The predicted molar refractivity (Wildman–Crippen MR) is 528 cm³/mol. The van der Waals surface area contributed by atoms with Gasteiger partial charge in [-0.25, -0.2) is 19.2 Å². The van der Waals surface area contributed by atoms with Crippen LogP contribution in [-0.2, 0) is 44.9 Å². The normalized spacial score (nSPS) is 11.4. The number of anilines is 8. The van der Waals surface area contributed by atoms with Gasteiger partial charge in [-0.15, -0.1) is 0 Å². The lowest BCUT2D eigenvalue weighted by atomic mass is 9.86. The van der Waals surface area contributed by atoms with Gasteiger partial charge in [0.1, 0.15) is 23.0 Å². The zero-order valence-corrected chi connectivity index (χ0v) is 77.1. The van der Waals surface area contributed by atoms with Crippen molar-refractivity contribution in [2.75, 3.05) is 121 Å². The highest BCUT2D eigenvalue weighted by Crippen LogP contribution is 2.46. The van der Waals surface area contributed by atoms with Crippen molar-refractivity contribution in [3.63, 3.8) is 0 Å². The lowest BCUT2D eigenvalue weighted by Crippen LogP contribution is -2.35. The van der Waals surface area contributed by atoms with E-state index in [0.717, 1.165) is 44.5 Å². The lowest BCUT2D eigenvalue weighted by Gasteiger charge is -2.26. The van der Waals surface area contributed by atoms with Crippen molar-refractivity contribution in [2.24, 2.45) is 0 Å². The average Bonchev–Trinajstić information content (AvgIpc) is 0.761. The maximum Gasteiger partial charge on any atom is 0.323 e. The largest absolute Gasteiger partial charge is 0.483 e. The highest BCUT2D eigenvalue weighted by molar-refractivity contribution is 6.03. The van der Waals surface area contributed by atoms with Crippen LogP contribution in [0.3, 0.4) is 0 Å². The van der Waals surface area contributed by atoms with Crippen molar-refractivity contribution >= 4 is 93.3 Å². The van der Waals surface area contributed by atoms with Crippen LogP contribution in [0.5, 0.6) is 23.0 Å². The van der Waals surface area contributed by atoms with Crippen molar-refractivity contribution in [2.45, 2.75) is 109 Å². The molecule has 0 atom stereocenters. The second kappa shape index (κ2) is 44.7. The number of fused-ring (bicyclic) bond motifs is 8. The third-order valence-corrected chi connectivity index (χ3v) is 23.5. The zero-order chi connectivity index (χ0) is 93.5. The molecule has 12 aromatic rings. The smallest absolute Gasteiger partial charge is 0.323 e. The summed E-state index contributed by atoms with van der Waals surface area (Å²) in [4.78, 5) is 121. The monoisotopic (exact) mass is 1770 g/mol. The maximum atomic E-state index is 14.8. The molecule has 0 saturated heterocycles. The Bertz CT molecular complexity index is 5250. The molecule has 0 unspecified atom stereocenters. The van der Waals surface area contributed by atoms with Crippen molar-refractivity contribution in [3.8, 4) is 67.5 Å². The number of nitrogens with one attached hydrogen (secondary N) is 8. The SMILES string of the molecule is CCN(CC)C(=O)COc1c2cc(-c3ccc(NC(=O)Nc4ccc(C)cc4)cc3)cc1Cc1cc(-c3ccc(NC(=O)Nc4ccc(C)cc4)cc3)cc(c1OCC(=O)N(CC)CC)Cc1cc(-c3ccc(NC(=O)Nc4ccc(C)cc4)cc3)cc(c1OCC(=O)N(CC)CC)Cc1cc(-c3ccc(NC(=O)Nc4ccc(C)cc4)cc3)cc(c1OCC(=O)N(CC)CC)C2. The van der Waals surface area contributed by atoms with E-state index in [0.29, 0.717) is 188 Å². The number of hydrogen-bond donors (Lipinski definition) is 8. The van der Waals surface area contributed by atoms with Gasteiger partial charge in [0.05, 0.1) is 0 Å². The predicted octanol–water partition coefficient (Wildman–Crippen LogP) is 21.8. The summed E-state index contributed by atoms with van der Waals surface area (Å²) < 4.78 is 29.0. The van der Waals surface area contributed by atoms with Crippen LogP contribution in [-0.4, -0.2) is 146 Å². The molecule has 132 heavy (non-hydrogen) atoms. The minimum Gasteiger partial charge on any atom is -0.483 e. The summed E-state index contributed by atoms with van der Waals surface area (Å²) in [6, 6.07) is 74.4. The summed E-state index contributed by atoms with van der Waals surface area (Å²) in [7, 11) is 0. The number of aryl methyl sites for hydroxylation is 4. The number of benzene rings is 12. The van der Waals surface area contributed by atoms with Gasteiger partial charge in [0.2, 0.25) is 0 Å². The minimum absolute atomic E-state index is 0.00972. The zero-order valence-electron chi connectivity index (χ0n) is 77.1. The molecule has 0 aliphatic heterocycles. The summed E-state index contributed by atoms with van der Waals surface area (Å²) in [5, 5.41) is 23.8. The molecule has 1 aliphatic rings. The Balaban J connectivity index is 1.09. The summed E-state index contributed by atoms with van der Waals surface area (Å²) in [6.07, 6.45) is 0.0389. The Kier molecular flexibility index (Phi) is 32.0. The van der Waals surface area contributed by atoms with Crippen molar-refractivity contribution in [1.82, 2.24) is 19.6 Å². The Morgan fingerprint density at radius 1 is 0.212 bits per heavy atom. The minimum atomic E-state index is -0.445. The molecule has 24 heteroatoms. The molecule has 8 N–H and O–H groups in total. The molecule has 0 spiro atoms. The topological polar surface area (TPSA) is 283 Å². The molecule has 680 valence electrons. The number of hydrogen-bond acceptors (Lipinski definition) is 12. The molecule has 12 aromatic carbocycles. The first-order chi connectivity index (χ1) is 63.8. The van der Waals surface area contributed by atoms with E-state index < -0.39 is 50.6 Å². The molecular formula is C108H116N12O12. The number of carbonyl (C=O) groups excluding carboxylic acids is 8. The van der Waals surface area contributed by atoms with E-state index in [4.69, 9.17) is 18.9 Å². The fraction of sp³-hybridized carbons (Fsp3) is 0.259. The van der Waals surface area contributed by atoms with Crippen LogP contribution in [0, 0.1) is 27.7 Å². The van der Waals surface area contributed by atoms with E-state index in [1.165, 1.54) is 0 Å². The Hall–Kier alpha value is -15.2. The number of carbonyl (C=O) groups is 8. The summed E-state index contributed by atoms with van der Waals surface area (Å²) >= 11 is 0. The summed E-state index contributed by atoms with van der Waals surface area (Å²) in [6.45, 7) is 24.9. The van der Waals surface area contributed by atoms with Gasteiger partial charge in [0, 0.05) is 124 Å². The second-order valence-corrected chi connectivity index (χ2v) is 32.7. The lowest BCUT2D eigenvalue weighted by molar-refractivity contribution is -0.133. The van der Waals surface area contributed by atoms with E-state index in [1.807, 2.05) is 326 Å². The van der Waals surface area contributed by atoms with E-state index in [9.17, 15) is 38.4 Å². The number of urea groups is 4. The first-order valence-electron chi connectivity index (χ1n) is 45.1. The van der Waals surface area contributed by atoms with Gasteiger partial charge in [-0.3, -0.25) is 19.2 Å². The molecule has 0 aromatic heterocycles. The van der Waals surface area contributed by atoms with E-state index in [1.54, 1.807) is 19.6 Å². The molecule has 0 saturated carbocycles. The van der Waals surface area contributed by atoms with Crippen LogP contribution in [0.4, 0.5) is 64.7 Å². The number of amides is 12. The molecule has 0 radical (unpaired) electrons. The van der Waals surface area contributed by atoms with Gasteiger partial charge in [0.15, 0.2) is 26.4 Å². The first kappa shape index (κ1) is 94.4. The van der Waals surface area contributed by atoms with Gasteiger partial charge in [-0.05, 0) is 318 Å². The Labute approximate surface area is 772 Å². The highest BCUT2D eigenvalue weighted by Gasteiger charge is 2.30. The van der Waals surface area contributed by atoms with Gasteiger partial charge in [0.25, 0.3) is 23.6 Å². The molecule has 13 rings (SSSR count). The first-order valence-corrected chi connectivity index (χ1v) is 45.1. The van der Waals surface area contributed by atoms with Crippen LogP contribution < -0.4 is 61.5 Å². The number of ether oxygens (including phenoxy) is 4. The third-order valence-electron chi connectivity index (χ3n) is 23.5. The van der Waals surface area contributed by atoms with E-state index in [-0.39, 0.29) is 49.3 Å². The number of rotatable bonds is 32. The van der Waals surface area contributed by atoms with E-state index >= 15 is 0 Å². The van der Waals surface area contributed by atoms with Gasteiger partial charge in [-0.2, -0.15) is 0 Å². The van der Waals surface area contributed by atoms with Crippen LogP contribution >= 0.6 is 0 Å². The Morgan fingerprint density at radius 3 is 0.485 bits per heavy atom. The van der Waals surface area contributed by atoms with Crippen molar-refractivity contribution in [3.05, 3.63) is 309 Å². The molecule has 0 heterocycles. The molecule has 0 fully saturated rings. The highest BCUT2D eigenvalue weighted by atomic mass is 16.5. The number of nitrogens with zero attached hydrogens (tertiary/aromatic N) is 4. The molecule has 8 bridgehead atoms. The quantitative estimate of drug-likeness (QED) is 0.0195. The van der Waals surface area contributed by atoms with Crippen molar-refractivity contribution in [1.29, 1.82) is 0 Å². The fourth-order valence-corrected chi connectivity index (χ4v) is 16.2. The van der Waals surface area contributed by atoms with Crippen LogP contribution in [0.25, 0.3) is 44.5 Å². The fourth-order valence-electron chi connectivity index (χ4n) is 16.2. The number of likely N-dealkylation sites (N-methyl/N-ethyl adjacent to an activating group) is 4. The van der Waals surface area contributed by atoms with Crippen LogP contribution in [0.1, 0.15) is 122 Å². The van der Waals surface area contributed by atoms with Gasteiger partial charge >= 0.3 is 24.1 Å². The molecule has 12 amide bonds. The summed E-state index contributed by atoms with van der Waals surface area (Å²) in [5.74, 6) is 0.309. The third kappa shape index (κ3) is 24.8. The maximum absolute atomic E-state index is 14.8. The average molecular weight is 1770 g/mol. The second-order valence-electron chi connectivity index (χ2n) is 32.7.